The fourth-order valence-corrected chi connectivity index (χ4v) is 3.14. The fraction of sp³-hybridized carbons (Fsp3) is 0.529. The van der Waals surface area contributed by atoms with Gasteiger partial charge in [0, 0.05) is 16.9 Å². The summed E-state index contributed by atoms with van der Waals surface area (Å²) in [6.45, 7) is 5.45. The standard InChI is InChI=1S/C17H20BrF2NO3/c1-17(2,3)24-14(22)7-10-5-4-6-21(16(10)23)15-12(19)8-11(18)9-13(15)20/h8-10H,4-7H2,1-3H3/t10-/m0/s1. The summed E-state index contributed by atoms with van der Waals surface area (Å²) in [7, 11) is 0. The molecule has 0 unspecified atom stereocenters. The Hall–Kier alpha value is -1.50. The number of hydrogen-bond acceptors (Lipinski definition) is 3. The third-order valence-corrected chi connectivity index (χ3v) is 4.09. The summed E-state index contributed by atoms with van der Waals surface area (Å²) in [4.78, 5) is 25.6. The average Bonchev–Trinajstić information content (AvgIpc) is 2.39. The second-order valence-electron chi connectivity index (χ2n) is 6.84. The molecule has 1 aliphatic rings. The van der Waals surface area contributed by atoms with Crippen LogP contribution in [0.25, 0.3) is 0 Å². The minimum absolute atomic E-state index is 0.0909. The SMILES string of the molecule is CC(C)(C)OC(=O)C[C@@H]1CCCN(c2c(F)cc(Br)cc2F)C1=O. The number of halogens is 3. The van der Waals surface area contributed by atoms with Crippen LogP contribution in [-0.2, 0) is 14.3 Å². The first-order chi connectivity index (χ1) is 11.1. The normalized spacial score (nSPS) is 18.7. The van der Waals surface area contributed by atoms with E-state index in [0.29, 0.717) is 12.8 Å². The number of rotatable bonds is 3. The van der Waals surface area contributed by atoms with Crippen molar-refractivity contribution in [3.8, 4) is 0 Å². The largest absolute Gasteiger partial charge is 0.460 e. The smallest absolute Gasteiger partial charge is 0.307 e. The first kappa shape index (κ1) is 18.8. The van der Waals surface area contributed by atoms with Crippen LogP contribution in [-0.4, -0.2) is 24.0 Å². The lowest BCUT2D eigenvalue weighted by Gasteiger charge is -2.32. The maximum Gasteiger partial charge on any atom is 0.307 e. The van der Waals surface area contributed by atoms with Crippen LogP contribution in [0, 0.1) is 17.6 Å². The molecular weight excluding hydrogens is 384 g/mol. The molecular formula is C17H20BrF2NO3. The quantitative estimate of drug-likeness (QED) is 0.710. The minimum atomic E-state index is -0.812. The van der Waals surface area contributed by atoms with E-state index in [-0.39, 0.29) is 23.1 Å². The lowest BCUT2D eigenvalue weighted by Crippen LogP contribution is -2.43. The van der Waals surface area contributed by atoms with Crippen LogP contribution in [0.5, 0.6) is 0 Å². The van der Waals surface area contributed by atoms with Gasteiger partial charge in [0.15, 0.2) is 11.6 Å². The van der Waals surface area contributed by atoms with E-state index in [2.05, 4.69) is 15.9 Å². The van der Waals surface area contributed by atoms with E-state index in [0.717, 1.165) is 17.0 Å². The molecule has 0 bridgehead atoms. The van der Waals surface area contributed by atoms with E-state index in [9.17, 15) is 18.4 Å². The van der Waals surface area contributed by atoms with Crippen molar-refractivity contribution in [2.24, 2.45) is 5.92 Å². The van der Waals surface area contributed by atoms with Gasteiger partial charge in [-0.05, 0) is 45.7 Å². The third-order valence-electron chi connectivity index (χ3n) is 3.63. The van der Waals surface area contributed by atoms with E-state index >= 15 is 0 Å². The molecule has 1 aromatic carbocycles. The molecule has 0 aliphatic carbocycles. The topological polar surface area (TPSA) is 46.6 Å². The Morgan fingerprint density at radius 1 is 1.33 bits per heavy atom. The first-order valence-corrected chi connectivity index (χ1v) is 8.55. The number of carbonyl (C=O) groups excluding carboxylic acids is 2. The van der Waals surface area contributed by atoms with Crippen molar-refractivity contribution < 1.29 is 23.1 Å². The molecule has 1 amide bonds. The second-order valence-corrected chi connectivity index (χ2v) is 7.75. The summed E-state index contributed by atoms with van der Waals surface area (Å²) in [5.74, 6) is -3.19. The number of hydrogen-bond donors (Lipinski definition) is 0. The highest BCUT2D eigenvalue weighted by atomic mass is 79.9. The Morgan fingerprint density at radius 3 is 2.46 bits per heavy atom. The van der Waals surface area contributed by atoms with Crippen LogP contribution in [0.3, 0.4) is 0 Å². The first-order valence-electron chi connectivity index (χ1n) is 7.76. The highest BCUT2D eigenvalue weighted by Crippen LogP contribution is 2.32. The molecule has 0 N–H and O–H groups in total. The van der Waals surface area contributed by atoms with Crippen molar-refractivity contribution in [1.82, 2.24) is 0 Å². The maximum atomic E-state index is 14.1. The van der Waals surface area contributed by atoms with Gasteiger partial charge in [0.25, 0.3) is 0 Å². The van der Waals surface area contributed by atoms with E-state index < -0.39 is 35.0 Å². The fourth-order valence-electron chi connectivity index (χ4n) is 2.74. The zero-order valence-corrected chi connectivity index (χ0v) is 15.5. The van der Waals surface area contributed by atoms with Crippen molar-refractivity contribution >= 4 is 33.5 Å². The summed E-state index contributed by atoms with van der Waals surface area (Å²) in [6, 6.07) is 2.23. The summed E-state index contributed by atoms with van der Waals surface area (Å²) in [5, 5.41) is 0. The summed E-state index contributed by atoms with van der Waals surface area (Å²) >= 11 is 3.01. The van der Waals surface area contributed by atoms with Gasteiger partial charge in [0.1, 0.15) is 11.3 Å². The van der Waals surface area contributed by atoms with E-state index in [1.165, 1.54) is 0 Å². The number of esters is 1. The zero-order valence-electron chi connectivity index (χ0n) is 13.9. The summed E-state index contributed by atoms with van der Waals surface area (Å²) < 4.78 is 33.7. The average molecular weight is 404 g/mol. The Kier molecular flexibility index (Phi) is 5.63. The molecule has 1 saturated heterocycles. The molecule has 132 valence electrons. The van der Waals surface area contributed by atoms with E-state index in [1.807, 2.05) is 0 Å². The second kappa shape index (κ2) is 7.17. The predicted molar refractivity (Wildman–Crippen MR) is 89.6 cm³/mol. The van der Waals surface area contributed by atoms with Crippen LogP contribution >= 0.6 is 15.9 Å². The van der Waals surface area contributed by atoms with Crippen molar-refractivity contribution in [3.63, 3.8) is 0 Å². The third kappa shape index (κ3) is 4.53. The van der Waals surface area contributed by atoms with Gasteiger partial charge >= 0.3 is 5.97 Å². The molecule has 0 aromatic heterocycles. The van der Waals surface area contributed by atoms with E-state index in [1.54, 1.807) is 20.8 Å². The molecule has 0 spiro atoms. The van der Waals surface area contributed by atoms with Gasteiger partial charge in [-0.1, -0.05) is 15.9 Å². The number of benzene rings is 1. The summed E-state index contributed by atoms with van der Waals surface area (Å²) in [5.41, 5.74) is -1.00. The van der Waals surface area contributed by atoms with Crippen LogP contribution in [0.4, 0.5) is 14.5 Å². The molecule has 1 fully saturated rings. The monoisotopic (exact) mass is 403 g/mol. The number of piperidine rings is 1. The molecule has 1 atom stereocenters. The minimum Gasteiger partial charge on any atom is -0.460 e. The van der Waals surface area contributed by atoms with Gasteiger partial charge in [-0.3, -0.25) is 9.59 Å². The molecule has 2 rings (SSSR count). The van der Waals surface area contributed by atoms with Gasteiger partial charge in [-0.15, -0.1) is 0 Å². The molecule has 1 heterocycles. The molecule has 7 heteroatoms. The lowest BCUT2D eigenvalue weighted by atomic mass is 9.93. The highest BCUT2D eigenvalue weighted by Gasteiger charge is 2.35. The molecule has 1 aliphatic heterocycles. The molecule has 0 radical (unpaired) electrons. The van der Waals surface area contributed by atoms with Crippen molar-refractivity contribution in [2.45, 2.75) is 45.6 Å². The Morgan fingerprint density at radius 2 is 1.92 bits per heavy atom. The number of carbonyl (C=O) groups is 2. The Balaban J connectivity index is 2.18. The molecule has 4 nitrogen and oxygen atoms in total. The molecule has 1 aromatic rings. The van der Waals surface area contributed by atoms with Crippen molar-refractivity contribution in [2.75, 3.05) is 11.4 Å². The number of anilines is 1. The number of ether oxygens (including phenoxy) is 1. The van der Waals surface area contributed by atoms with Gasteiger partial charge in [-0.25, -0.2) is 8.78 Å². The zero-order chi connectivity index (χ0) is 18.1. The van der Waals surface area contributed by atoms with Crippen LogP contribution in [0.1, 0.15) is 40.0 Å². The van der Waals surface area contributed by atoms with Gasteiger partial charge in [-0.2, -0.15) is 0 Å². The number of nitrogens with zero attached hydrogens (tertiary/aromatic N) is 1. The van der Waals surface area contributed by atoms with Crippen LogP contribution in [0.15, 0.2) is 16.6 Å². The van der Waals surface area contributed by atoms with Crippen LogP contribution < -0.4 is 4.90 Å². The van der Waals surface area contributed by atoms with Gasteiger partial charge in [0.05, 0.1) is 6.42 Å². The molecule has 24 heavy (non-hydrogen) atoms. The maximum absolute atomic E-state index is 14.1. The predicted octanol–water partition coefficient (Wildman–Crippen LogP) is 4.20. The van der Waals surface area contributed by atoms with Crippen molar-refractivity contribution in [1.29, 1.82) is 0 Å². The summed E-state index contributed by atoms with van der Waals surface area (Å²) in [6.07, 6.45) is 0.967. The lowest BCUT2D eigenvalue weighted by molar-refractivity contribution is -0.157. The van der Waals surface area contributed by atoms with Crippen molar-refractivity contribution in [3.05, 3.63) is 28.2 Å². The highest BCUT2D eigenvalue weighted by molar-refractivity contribution is 9.10. The number of amides is 1. The Bertz CT molecular complexity index is 635. The van der Waals surface area contributed by atoms with Crippen LogP contribution in [0.2, 0.25) is 0 Å². The van der Waals surface area contributed by atoms with Gasteiger partial charge < -0.3 is 9.64 Å². The van der Waals surface area contributed by atoms with E-state index in [4.69, 9.17) is 4.74 Å². The van der Waals surface area contributed by atoms with Gasteiger partial charge in [0.2, 0.25) is 5.91 Å². The molecule has 0 saturated carbocycles. The Labute approximate surface area is 148 Å².